The summed E-state index contributed by atoms with van der Waals surface area (Å²) in [6, 6.07) is 0. The molecular formula is H4AlFe2Si. The number of rotatable bonds is 0. The summed E-state index contributed by atoms with van der Waals surface area (Å²) in [5, 5.41) is 0. The molecule has 0 nitrogen and oxygen atoms in total. The molecule has 0 unspecified atom stereocenters. The van der Waals surface area contributed by atoms with E-state index < -0.39 is 0 Å². The third-order valence-electron chi connectivity index (χ3n) is 0. The van der Waals surface area contributed by atoms with Gasteiger partial charge in [0.1, 0.15) is 0 Å². The van der Waals surface area contributed by atoms with Crippen LogP contribution < -0.4 is 0 Å². The van der Waals surface area contributed by atoms with E-state index in [1.807, 2.05) is 0 Å². The number of hydrogen-bond acceptors (Lipinski definition) is 0. The van der Waals surface area contributed by atoms with Crippen molar-refractivity contribution in [3.8, 4) is 0 Å². The molecule has 0 atom stereocenters. The first kappa shape index (κ1) is 9.25. The maximum atomic E-state index is 3.69. The van der Waals surface area contributed by atoms with Crippen LogP contribution in [0.2, 0.25) is 0 Å². The average Bonchev–Trinajstić information content (AvgIpc) is 0.918. The van der Waals surface area contributed by atoms with Crippen molar-refractivity contribution in [2.45, 2.75) is 0 Å². The Bertz CT molecular complexity index is 6.00. The Morgan fingerprint density at radius 2 is 1.75 bits per heavy atom. The molecule has 4 heteroatoms. The van der Waals surface area contributed by atoms with E-state index in [1.54, 1.807) is 0 Å². The fraction of sp³-hybridized carbons (Fsp3) is 0. The Balaban J connectivity index is 0. The Morgan fingerprint density at radius 1 is 1.75 bits per heavy atom. The van der Waals surface area contributed by atoms with Crippen LogP contribution in [0.4, 0.5) is 0 Å². The molecule has 0 heterocycles. The van der Waals surface area contributed by atoms with Crippen molar-refractivity contribution >= 4 is 21.5 Å². The molecule has 0 amide bonds. The van der Waals surface area contributed by atoms with Gasteiger partial charge < -0.3 is 0 Å². The second-order valence-corrected chi connectivity index (χ2v) is 9.28. The van der Waals surface area contributed by atoms with E-state index >= 15 is 0 Å². The van der Waals surface area contributed by atoms with E-state index in [1.165, 1.54) is 8.80 Å². The summed E-state index contributed by atoms with van der Waals surface area (Å²) in [5.41, 5.74) is 0. The van der Waals surface area contributed by atoms with Crippen LogP contribution in [0.25, 0.3) is 0 Å². The van der Waals surface area contributed by atoms with E-state index in [0.29, 0.717) is 12.7 Å². The predicted octanol–water partition coefficient (Wildman–Crippen LogP) is -1.84. The molecule has 0 saturated heterocycles. The van der Waals surface area contributed by atoms with Crippen molar-refractivity contribution in [2.24, 2.45) is 0 Å². The van der Waals surface area contributed by atoms with Crippen molar-refractivity contribution in [1.82, 2.24) is 0 Å². The molecular weight excluding hydrogens is 167 g/mol. The molecule has 4 heavy (non-hydrogen) atoms. The number of hydrogen-bond donors (Lipinski definition) is 0. The third-order valence-corrected chi connectivity index (χ3v) is 0. The van der Waals surface area contributed by atoms with Gasteiger partial charge >= 0.3 is 35.7 Å². The molecule has 0 aliphatic carbocycles. The molecule has 0 aromatic rings. The van der Waals surface area contributed by atoms with E-state index in [4.69, 9.17) is 0 Å². The second-order valence-electron chi connectivity index (χ2n) is 0.250. The molecule has 0 radical (unpaired) electrons. The third kappa shape index (κ3) is 9.21. The fourth-order valence-electron chi connectivity index (χ4n) is 0. The molecule has 0 aromatic carbocycles. The van der Waals surface area contributed by atoms with Gasteiger partial charge in [0.25, 0.3) is 0 Å². The van der Waals surface area contributed by atoms with Crippen LogP contribution in [-0.2, 0) is 31.2 Å². The van der Waals surface area contributed by atoms with Crippen molar-refractivity contribution < 1.29 is 31.2 Å². The van der Waals surface area contributed by atoms with Gasteiger partial charge in [0.05, 0.1) is 0 Å². The van der Waals surface area contributed by atoms with Gasteiger partial charge in [-0.3, -0.25) is 0 Å². The summed E-state index contributed by atoms with van der Waals surface area (Å²) in [6.07, 6.45) is 0. The van der Waals surface area contributed by atoms with Crippen LogP contribution in [0.3, 0.4) is 0 Å². The zero-order chi connectivity index (χ0) is 2.71. The molecule has 0 saturated carbocycles. The summed E-state index contributed by atoms with van der Waals surface area (Å²) >= 11 is 3.99. The standard InChI is InChI=1S/Al.2Fe.H3Si.H/h;;;1H3;. The quantitative estimate of drug-likeness (QED) is 0.375. The molecule has 0 N–H and O–H groups in total. The summed E-state index contributed by atoms with van der Waals surface area (Å²) in [7, 11) is 1.40. The average molecular weight is 171 g/mol. The Kier molecular flexibility index (Phi) is 20.4. The van der Waals surface area contributed by atoms with Crippen LogP contribution in [-0.4, -0.2) is 21.5 Å². The van der Waals surface area contributed by atoms with E-state index in [2.05, 4.69) is 14.1 Å². The molecule has 0 aromatic heterocycles. The van der Waals surface area contributed by atoms with Crippen LogP contribution >= 0.6 is 0 Å². The molecule has 0 fully saturated rings. The van der Waals surface area contributed by atoms with Crippen LogP contribution in [0.1, 0.15) is 0 Å². The van der Waals surface area contributed by atoms with Gasteiger partial charge in [0, 0.05) is 17.1 Å². The topological polar surface area (TPSA) is 0 Å². The fourth-order valence-corrected chi connectivity index (χ4v) is 0. The molecule has 0 bridgehead atoms. The summed E-state index contributed by atoms with van der Waals surface area (Å²) in [5.74, 6) is 0. The SMILES string of the molecule is [Fe].[SiH3][AlH][Fe]. The molecule has 0 aliphatic rings. The van der Waals surface area contributed by atoms with Gasteiger partial charge in [0.15, 0.2) is 0 Å². The summed E-state index contributed by atoms with van der Waals surface area (Å²) in [6.45, 7) is 0. The first-order valence-corrected chi connectivity index (χ1v) is 9.46. The van der Waals surface area contributed by atoms with Gasteiger partial charge in [-0.1, -0.05) is 0 Å². The van der Waals surface area contributed by atoms with Crippen molar-refractivity contribution in [3.05, 3.63) is 0 Å². The van der Waals surface area contributed by atoms with Gasteiger partial charge in [-0.2, -0.15) is 0 Å². The van der Waals surface area contributed by atoms with E-state index in [0.717, 1.165) is 0 Å². The summed E-state index contributed by atoms with van der Waals surface area (Å²) < 4.78 is 0. The monoisotopic (exact) mass is 171 g/mol. The molecule has 0 aliphatic heterocycles. The Labute approximate surface area is 52.5 Å². The van der Waals surface area contributed by atoms with Crippen LogP contribution in [0, 0.1) is 0 Å². The first-order valence-electron chi connectivity index (χ1n) is 0.957. The van der Waals surface area contributed by atoms with Gasteiger partial charge in [0.2, 0.25) is 0 Å². The van der Waals surface area contributed by atoms with Crippen LogP contribution in [0.15, 0.2) is 0 Å². The first-order chi connectivity index (χ1) is 1.41. The van der Waals surface area contributed by atoms with E-state index in [-0.39, 0.29) is 17.1 Å². The minimum atomic E-state index is 0. The van der Waals surface area contributed by atoms with Gasteiger partial charge in [-0.25, -0.2) is 0 Å². The van der Waals surface area contributed by atoms with Gasteiger partial charge in [-0.15, -0.1) is 0 Å². The normalized spacial score (nSPS) is 4.25. The zero-order valence-electron chi connectivity index (χ0n) is 2.41. The van der Waals surface area contributed by atoms with Crippen molar-refractivity contribution in [2.75, 3.05) is 0 Å². The molecule has 0 spiro atoms. The second kappa shape index (κ2) is 8.84. The van der Waals surface area contributed by atoms with Crippen molar-refractivity contribution in [1.29, 1.82) is 0 Å². The molecule has 27 valence electrons. The summed E-state index contributed by atoms with van der Waals surface area (Å²) in [4.78, 5) is 0. The Morgan fingerprint density at radius 3 is 1.75 bits per heavy atom. The predicted molar refractivity (Wildman–Crippen MR) is 17.1 cm³/mol. The molecule has 0 rings (SSSR count). The van der Waals surface area contributed by atoms with E-state index in [9.17, 15) is 0 Å². The maximum absolute atomic E-state index is 3.69. The van der Waals surface area contributed by atoms with Crippen molar-refractivity contribution in [3.63, 3.8) is 0 Å². The minimum absolute atomic E-state index is 0. The van der Waals surface area contributed by atoms with Crippen LogP contribution in [0.5, 0.6) is 0 Å². The van der Waals surface area contributed by atoms with Gasteiger partial charge in [-0.05, 0) is 0 Å². The zero-order valence-corrected chi connectivity index (χ0v) is 8.04. The Hall–Kier alpha value is 1.79.